The summed E-state index contributed by atoms with van der Waals surface area (Å²) in [4.78, 5) is 35.8. The number of esters is 2. The van der Waals surface area contributed by atoms with E-state index in [4.69, 9.17) is 4.74 Å². The summed E-state index contributed by atoms with van der Waals surface area (Å²) < 4.78 is 9.38. The van der Waals surface area contributed by atoms with Gasteiger partial charge in [0.25, 0.3) is 0 Å². The van der Waals surface area contributed by atoms with Gasteiger partial charge in [0.2, 0.25) is 5.91 Å². The summed E-state index contributed by atoms with van der Waals surface area (Å²) in [5, 5.41) is 2.66. The third-order valence-electron chi connectivity index (χ3n) is 3.46. The van der Waals surface area contributed by atoms with Crippen molar-refractivity contribution in [1.82, 2.24) is 0 Å². The zero-order valence-corrected chi connectivity index (χ0v) is 15.3. The largest absolute Gasteiger partial charge is 0.465 e. The normalized spacial score (nSPS) is 10.1. The summed E-state index contributed by atoms with van der Waals surface area (Å²) >= 11 is 1.45. The number of hydrogen-bond acceptors (Lipinski definition) is 6. The Hall–Kier alpha value is -2.80. The molecule has 2 aromatic carbocycles. The van der Waals surface area contributed by atoms with E-state index in [9.17, 15) is 14.4 Å². The second kappa shape index (κ2) is 9.62. The van der Waals surface area contributed by atoms with Gasteiger partial charge < -0.3 is 14.8 Å². The highest BCUT2D eigenvalue weighted by molar-refractivity contribution is 7.99. The fourth-order valence-electron chi connectivity index (χ4n) is 2.20. The molecule has 0 aliphatic heterocycles. The molecule has 7 heteroatoms. The Morgan fingerprint density at radius 3 is 2.31 bits per heavy atom. The van der Waals surface area contributed by atoms with E-state index in [1.807, 2.05) is 30.3 Å². The molecule has 0 radical (unpaired) electrons. The quantitative estimate of drug-likeness (QED) is 0.751. The maximum atomic E-state index is 12.2. The van der Waals surface area contributed by atoms with Crippen molar-refractivity contribution in [1.29, 1.82) is 0 Å². The predicted molar refractivity (Wildman–Crippen MR) is 100 cm³/mol. The number of rotatable bonds is 7. The van der Waals surface area contributed by atoms with Crippen LogP contribution in [0.5, 0.6) is 0 Å². The van der Waals surface area contributed by atoms with Crippen LogP contribution < -0.4 is 5.32 Å². The molecule has 0 aliphatic rings. The predicted octanol–water partition coefficient (Wildman–Crippen LogP) is 3.13. The topological polar surface area (TPSA) is 81.7 Å². The number of benzene rings is 2. The molecule has 2 aromatic rings. The number of hydrogen-bond donors (Lipinski definition) is 1. The van der Waals surface area contributed by atoms with Gasteiger partial charge in [0.1, 0.15) is 0 Å². The number of amides is 1. The monoisotopic (exact) mass is 373 g/mol. The Bertz CT molecular complexity index is 792. The summed E-state index contributed by atoms with van der Waals surface area (Å²) in [6, 6.07) is 14.1. The molecule has 0 saturated heterocycles. The minimum atomic E-state index is -0.603. The number of anilines is 1. The van der Waals surface area contributed by atoms with Crippen LogP contribution >= 0.6 is 11.8 Å². The Morgan fingerprint density at radius 2 is 1.65 bits per heavy atom. The minimum Gasteiger partial charge on any atom is -0.465 e. The fraction of sp³-hybridized carbons (Fsp3) is 0.211. The molecule has 1 amide bonds. The number of carbonyl (C=O) groups is 3. The molecule has 0 saturated carbocycles. The lowest BCUT2D eigenvalue weighted by molar-refractivity contribution is -0.113. The molecule has 0 unspecified atom stereocenters. The molecule has 136 valence electrons. The SMILES string of the molecule is COC(=O)c1ccc(C(=O)OC)c(NC(=O)CSCc2ccccc2)c1. The molecule has 26 heavy (non-hydrogen) atoms. The van der Waals surface area contributed by atoms with E-state index < -0.39 is 11.9 Å². The van der Waals surface area contributed by atoms with Crippen molar-refractivity contribution >= 4 is 35.3 Å². The molecule has 0 atom stereocenters. The second-order valence-electron chi connectivity index (χ2n) is 5.27. The lowest BCUT2D eigenvalue weighted by Crippen LogP contribution is -2.18. The van der Waals surface area contributed by atoms with Crippen molar-refractivity contribution < 1.29 is 23.9 Å². The third-order valence-corrected chi connectivity index (χ3v) is 4.47. The van der Waals surface area contributed by atoms with Gasteiger partial charge in [-0.2, -0.15) is 0 Å². The smallest absolute Gasteiger partial charge is 0.339 e. The van der Waals surface area contributed by atoms with Gasteiger partial charge in [-0.15, -0.1) is 11.8 Å². The maximum Gasteiger partial charge on any atom is 0.339 e. The Morgan fingerprint density at radius 1 is 0.962 bits per heavy atom. The number of methoxy groups -OCH3 is 2. The molecular formula is C19H19NO5S. The number of thioether (sulfide) groups is 1. The number of ether oxygens (including phenoxy) is 2. The van der Waals surface area contributed by atoms with Crippen molar-refractivity contribution in [2.75, 3.05) is 25.3 Å². The van der Waals surface area contributed by atoms with Crippen molar-refractivity contribution in [2.24, 2.45) is 0 Å². The molecule has 1 N–H and O–H groups in total. The first-order valence-corrected chi connectivity index (χ1v) is 8.92. The highest BCUT2D eigenvalue weighted by Crippen LogP contribution is 2.20. The van der Waals surface area contributed by atoms with Crippen LogP contribution in [0.2, 0.25) is 0 Å². The van der Waals surface area contributed by atoms with Crippen molar-refractivity contribution in [3.05, 3.63) is 65.2 Å². The Kier molecular flexibility index (Phi) is 7.23. The average molecular weight is 373 g/mol. The molecule has 0 fully saturated rings. The van der Waals surface area contributed by atoms with Gasteiger partial charge in [-0.3, -0.25) is 4.79 Å². The lowest BCUT2D eigenvalue weighted by atomic mass is 10.1. The summed E-state index contributed by atoms with van der Waals surface area (Å²) in [5.41, 5.74) is 1.73. The zero-order chi connectivity index (χ0) is 18.9. The van der Waals surface area contributed by atoms with Crippen molar-refractivity contribution in [2.45, 2.75) is 5.75 Å². The fourth-order valence-corrected chi connectivity index (χ4v) is 2.99. The average Bonchev–Trinajstić information content (AvgIpc) is 2.67. The summed E-state index contributed by atoms with van der Waals surface area (Å²) in [5.74, 6) is -0.541. The van der Waals surface area contributed by atoms with Crippen molar-refractivity contribution in [3.63, 3.8) is 0 Å². The highest BCUT2D eigenvalue weighted by Gasteiger charge is 2.17. The van der Waals surface area contributed by atoms with Crippen LogP contribution in [0.15, 0.2) is 48.5 Å². The highest BCUT2D eigenvalue weighted by atomic mass is 32.2. The van der Waals surface area contributed by atoms with Crippen LogP contribution in [0.1, 0.15) is 26.3 Å². The van der Waals surface area contributed by atoms with Gasteiger partial charge in [-0.25, -0.2) is 9.59 Å². The second-order valence-corrected chi connectivity index (χ2v) is 6.26. The van der Waals surface area contributed by atoms with Crippen LogP contribution in [0.25, 0.3) is 0 Å². The Labute approximate surface area is 155 Å². The molecule has 0 spiro atoms. The first kappa shape index (κ1) is 19.5. The summed E-state index contributed by atoms with van der Waals surface area (Å²) in [6.07, 6.45) is 0. The van der Waals surface area contributed by atoms with E-state index in [1.54, 1.807) is 0 Å². The summed E-state index contributed by atoms with van der Waals surface area (Å²) in [7, 11) is 2.51. The molecular weight excluding hydrogens is 354 g/mol. The van der Waals surface area contributed by atoms with Gasteiger partial charge in [0, 0.05) is 5.75 Å². The van der Waals surface area contributed by atoms with Crippen molar-refractivity contribution in [3.8, 4) is 0 Å². The third kappa shape index (κ3) is 5.35. The number of carbonyl (C=O) groups excluding carboxylic acids is 3. The van der Waals surface area contributed by atoms with Crippen LogP contribution in [0.3, 0.4) is 0 Å². The van der Waals surface area contributed by atoms with Gasteiger partial charge in [0.05, 0.1) is 36.8 Å². The van der Waals surface area contributed by atoms with E-state index in [-0.39, 0.29) is 28.5 Å². The molecule has 2 rings (SSSR count). The molecule has 6 nitrogen and oxygen atoms in total. The molecule has 0 aromatic heterocycles. The maximum absolute atomic E-state index is 12.2. The first-order valence-electron chi connectivity index (χ1n) is 7.77. The molecule has 0 bridgehead atoms. The van der Waals surface area contributed by atoms with Crippen LogP contribution in [0.4, 0.5) is 5.69 Å². The first-order chi connectivity index (χ1) is 12.5. The van der Waals surface area contributed by atoms with Gasteiger partial charge in [0.15, 0.2) is 0 Å². The lowest BCUT2D eigenvalue weighted by Gasteiger charge is -2.11. The van der Waals surface area contributed by atoms with Crippen LogP contribution in [-0.4, -0.2) is 37.8 Å². The van der Waals surface area contributed by atoms with E-state index in [0.717, 1.165) is 5.56 Å². The zero-order valence-electron chi connectivity index (χ0n) is 14.5. The summed E-state index contributed by atoms with van der Waals surface area (Å²) in [6.45, 7) is 0. The Balaban J connectivity index is 2.06. The van der Waals surface area contributed by atoms with Gasteiger partial charge in [-0.1, -0.05) is 30.3 Å². The van der Waals surface area contributed by atoms with Gasteiger partial charge in [-0.05, 0) is 23.8 Å². The minimum absolute atomic E-state index is 0.168. The molecule has 0 aliphatic carbocycles. The van der Waals surface area contributed by atoms with E-state index in [0.29, 0.717) is 5.75 Å². The van der Waals surface area contributed by atoms with Crippen LogP contribution in [0, 0.1) is 0 Å². The number of nitrogens with one attached hydrogen (secondary N) is 1. The standard InChI is InChI=1S/C19H19NO5S/c1-24-18(22)14-8-9-15(19(23)25-2)16(10-14)20-17(21)12-26-11-13-6-4-3-5-7-13/h3-10H,11-12H2,1-2H3,(H,20,21). The molecule has 0 heterocycles. The van der Waals surface area contributed by atoms with E-state index >= 15 is 0 Å². The van der Waals surface area contributed by atoms with Gasteiger partial charge >= 0.3 is 11.9 Å². The van der Waals surface area contributed by atoms with E-state index in [2.05, 4.69) is 10.1 Å². The van der Waals surface area contributed by atoms with E-state index in [1.165, 1.54) is 44.2 Å². The van der Waals surface area contributed by atoms with Crippen LogP contribution in [-0.2, 0) is 20.0 Å².